The van der Waals surface area contributed by atoms with Crippen molar-refractivity contribution in [3.63, 3.8) is 0 Å². The molecule has 2 aromatic rings. The molecule has 23 heavy (non-hydrogen) atoms. The highest BCUT2D eigenvalue weighted by Gasteiger charge is 2.16. The monoisotopic (exact) mass is 329 g/mol. The number of nitriles is 1. The van der Waals surface area contributed by atoms with Crippen LogP contribution in [0.3, 0.4) is 0 Å². The second kappa shape index (κ2) is 7.77. The lowest BCUT2D eigenvalue weighted by molar-refractivity contribution is -0.386. The summed E-state index contributed by atoms with van der Waals surface area (Å²) in [5, 5.41) is 22.5. The lowest BCUT2D eigenvalue weighted by Gasteiger charge is -2.06. The van der Waals surface area contributed by atoms with E-state index in [9.17, 15) is 10.1 Å². The Labute approximate surface area is 136 Å². The fraction of sp³-hybridized carbons (Fsp3) is 0.0714. The SMILES string of the molecule is CSC(=Nc1cccc(Oc2ncccc2[N+](=O)[O-])c1)NC#N. The fourth-order valence-electron chi connectivity index (χ4n) is 1.62. The summed E-state index contributed by atoms with van der Waals surface area (Å²) in [6.07, 6.45) is 4.98. The highest BCUT2D eigenvalue weighted by Crippen LogP contribution is 2.30. The molecule has 0 aliphatic heterocycles. The largest absolute Gasteiger partial charge is 0.434 e. The van der Waals surface area contributed by atoms with E-state index in [1.54, 1.807) is 36.7 Å². The van der Waals surface area contributed by atoms with Gasteiger partial charge in [-0.25, -0.2) is 9.98 Å². The van der Waals surface area contributed by atoms with Crippen molar-refractivity contribution >= 4 is 28.3 Å². The second-order valence-corrected chi connectivity index (χ2v) is 4.84. The van der Waals surface area contributed by atoms with Crippen LogP contribution in [0, 0.1) is 21.6 Å². The van der Waals surface area contributed by atoms with Crippen molar-refractivity contribution in [2.24, 2.45) is 4.99 Å². The van der Waals surface area contributed by atoms with E-state index < -0.39 is 4.92 Å². The molecule has 0 spiro atoms. The number of aliphatic imine (C=N–C) groups is 1. The zero-order chi connectivity index (χ0) is 16.7. The first-order valence-corrected chi connectivity index (χ1v) is 7.51. The molecule has 0 fully saturated rings. The van der Waals surface area contributed by atoms with Gasteiger partial charge in [-0.05, 0) is 24.5 Å². The summed E-state index contributed by atoms with van der Waals surface area (Å²) in [6.45, 7) is 0. The standard InChI is InChI=1S/C14H11N5O3S/c1-23-14(17-9-15)18-10-4-2-5-11(8-10)22-13-12(19(20)21)6-3-7-16-13/h2-8H,1H3,(H,17,18). The van der Waals surface area contributed by atoms with Crippen LogP contribution in [0.2, 0.25) is 0 Å². The average molecular weight is 329 g/mol. The summed E-state index contributed by atoms with van der Waals surface area (Å²) in [7, 11) is 0. The lowest BCUT2D eigenvalue weighted by atomic mass is 10.3. The molecule has 0 unspecified atom stereocenters. The van der Waals surface area contributed by atoms with E-state index in [0.717, 1.165) is 0 Å². The molecule has 1 aromatic carbocycles. The van der Waals surface area contributed by atoms with Gasteiger partial charge in [0.1, 0.15) is 5.75 Å². The number of amidine groups is 1. The Balaban J connectivity index is 2.28. The zero-order valence-corrected chi connectivity index (χ0v) is 12.8. The van der Waals surface area contributed by atoms with Crippen LogP contribution in [0.4, 0.5) is 11.4 Å². The molecule has 116 valence electrons. The second-order valence-electron chi connectivity index (χ2n) is 4.04. The highest BCUT2D eigenvalue weighted by atomic mass is 32.2. The normalized spacial score (nSPS) is 10.7. The summed E-state index contributed by atoms with van der Waals surface area (Å²) in [5.74, 6) is 0.254. The predicted octanol–water partition coefficient (Wildman–Crippen LogP) is 3.20. The number of ether oxygens (including phenoxy) is 1. The van der Waals surface area contributed by atoms with Gasteiger partial charge < -0.3 is 4.74 Å². The summed E-state index contributed by atoms with van der Waals surface area (Å²) in [5.41, 5.74) is 0.311. The first kappa shape index (κ1) is 16.3. The van der Waals surface area contributed by atoms with Crippen LogP contribution in [-0.4, -0.2) is 21.3 Å². The quantitative estimate of drug-likeness (QED) is 0.229. The number of hydrogen-bond acceptors (Lipinski definition) is 7. The maximum Gasteiger partial charge on any atom is 0.331 e. The van der Waals surface area contributed by atoms with E-state index >= 15 is 0 Å². The van der Waals surface area contributed by atoms with Crippen LogP contribution >= 0.6 is 11.8 Å². The Hall–Kier alpha value is -3.12. The van der Waals surface area contributed by atoms with Gasteiger partial charge in [-0.1, -0.05) is 17.8 Å². The zero-order valence-electron chi connectivity index (χ0n) is 12.0. The van der Waals surface area contributed by atoms with Crippen LogP contribution in [-0.2, 0) is 0 Å². The van der Waals surface area contributed by atoms with Gasteiger partial charge in [-0.3, -0.25) is 15.4 Å². The van der Waals surface area contributed by atoms with Crippen molar-refractivity contribution in [2.75, 3.05) is 6.26 Å². The van der Waals surface area contributed by atoms with Crippen molar-refractivity contribution < 1.29 is 9.66 Å². The third-order valence-corrected chi connectivity index (χ3v) is 3.15. The number of benzene rings is 1. The summed E-state index contributed by atoms with van der Waals surface area (Å²) >= 11 is 1.28. The molecule has 0 bridgehead atoms. The molecule has 2 rings (SSSR count). The fourth-order valence-corrected chi connectivity index (χ4v) is 1.96. The van der Waals surface area contributed by atoms with Gasteiger partial charge in [0.25, 0.3) is 5.88 Å². The molecule has 1 aromatic heterocycles. The number of hydrogen-bond donors (Lipinski definition) is 1. The van der Waals surface area contributed by atoms with Gasteiger partial charge in [-0.2, -0.15) is 5.26 Å². The number of pyridine rings is 1. The Kier molecular flexibility index (Phi) is 5.49. The van der Waals surface area contributed by atoms with Crippen LogP contribution in [0.25, 0.3) is 0 Å². The van der Waals surface area contributed by atoms with E-state index in [-0.39, 0.29) is 11.6 Å². The molecular formula is C14H11N5O3S. The highest BCUT2D eigenvalue weighted by molar-refractivity contribution is 8.13. The van der Waals surface area contributed by atoms with Gasteiger partial charge >= 0.3 is 5.69 Å². The Morgan fingerprint density at radius 2 is 2.30 bits per heavy atom. The minimum atomic E-state index is -0.562. The van der Waals surface area contributed by atoms with Gasteiger partial charge in [0, 0.05) is 18.3 Å². The van der Waals surface area contributed by atoms with E-state index in [1.807, 2.05) is 0 Å². The molecule has 0 aliphatic carbocycles. The number of nitrogens with one attached hydrogen (secondary N) is 1. The van der Waals surface area contributed by atoms with E-state index in [2.05, 4.69) is 15.3 Å². The van der Waals surface area contributed by atoms with Crippen LogP contribution in [0.15, 0.2) is 47.6 Å². The van der Waals surface area contributed by atoms with Crippen molar-refractivity contribution in [3.8, 4) is 17.8 Å². The van der Waals surface area contributed by atoms with Gasteiger partial charge in [0.2, 0.25) is 0 Å². The molecule has 1 heterocycles. The average Bonchev–Trinajstić information content (AvgIpc) is 2.55. The van der Waals surface area contributed by atoms with E-state index in [0.29, 0.717) is 16.6 Å². The smallest absolute Gasteiger partial charge is 0.331 e. The molecule has 0 aliphatic rings. The number of nitrogens with zero attached hydrogens (tertiary/aromatic N) is 4. The summed E-state index contributed by atoms with van der Waals surface area (Å²) in [6, 6.07) is 9.40. The van der Waals surface area contributed by atoms with Crippen molar-refractivity contribution in [1.29, 1.82) is 5.26 Å². The number of nitro groups is 1. The maximum absolute atomic E-state index is 11.0. The molecule has 9 heteroatoms. The molecule has 0 radical (unpaired) electrons. The molecule has 0 atom stereocenters. The summed E-state index contributed by atoms with van der Waals surface area (Å²) in [4.78, 5) is 18.5. The van der Waals surface area contributed by atoms with Gasteiger partial charge in [0.15, 0.2) is 11.4 Å². The first-order chi connectivity index (χ1) is 11.1. The van der Waals surface area contributed by atoms with Crippen molar-refractivity contribution in [3.05, 3.63) is 52.7 Å². The first-order valence-electron chi connectivity index (χ1n) is 6.29. The van der Waals surface area contributed by atoms with Crippen LogP contribution < -0.4 is 10.1 Å². The van der Waals surface area contributed by atoms with Crippen LogP contribution in [0.5, 0.6) is 11.6 Å². The third-order valence-electron chi connectivity index (χ3n) is 2.57. The third kappa shape index (κ3) is 4.42. The molecule has 8 nitrogen and oxygen atoms in total. The van der Waals surface area contributed by atoms with Gasteiger partial charge in [-0.15, -0.1) is 0 Å². The molecule has 0 saturated heterocycles. The molecule has 0 saturated carbocycles. The Morgan fingerprint density at radius 1 is 1.48 bits per heavy atom. The van der Waals surface area contributed by atoms with E-state index in [1.165, 1.54) is 30.1 Å². The number of rotatable bonds is 4. The molecule has 1 N–H and O–H groups in total. The van der Waals surface area contributed by atoms with Crippen molar-refractivity contribution in [1.82, 2.24) is 10.3 Å². The predicted molar refractivity (Wildman–Crippen MR) is 86.8 cm³/mol. The Bertz CT molecular complexity index is 788. The maximum atomic E-state index is 11.0. The minimum absolute atomic E-state index is 0.0983. The lowest BCUT2D eigenvalue weighted by Crippen LogP contribution is -2.12. The molecular weight excluding hydrogens is 318 g/mol. The minimum Gasteiger partial charge on any atom is -0.434 e. The number of thioether (sulfide) groups is 1. The topological polar surface area (TPSA) is 113 Å². The van der Waals surface area contributed by atoms with E-state index in [4.69, 9.17) is 10.00 Å². The van der Waals surface area contributed by atoms with Crippen molar-refractivity contribution in [2.45, 2.75) is 0 Å². The number of aromatic nitrogens is 1. The Morgan fingerprint density at radius 3 is 3.00 bits per heavy atom. The van der Waals surface area contributed by atoms with Gasteiger partial charge in [0.05, 0.1) is 10.6 Å². The van der Waals surface area contributed by atoms with Crippen LogP contribution in [0.1, 0.15) is 0 Å². The summed E-state index contributed by atoms with van der Waals surface area (Å²) < 4.78 is 5.47. The molecule has 0 amide bonds.